The molecule has 90 valence electrons. The number of benzene rings is 1. The molecule has 2 rings (SSSR count). The van der Waals surface area contributed by atoms with Crippen molar-refractivity contribution in [2.45, 2.75) is 23.1 Å². The Balaban J connectivity index is 2.41. The van der Waals surface area contributed by atoms with Crippen LogP contribution >= 0.6 is 11.8 Å². The molecule has 0 spiro atoms. The number of hydrogen-bond acceptors (Lipinski definition) is 5. The Hall–Kier alpha value is -1.47. The third-order valence-corrected chi connectivity index (χ3v) is 3.39. The van der Waals surface area contributed by atoms with Crippen LogP contribution in [-0.4, -0.2) is 25.3 Å². The molecular weight excluding hydrogens is 243 g/mol. The van der Waals surface area contributed by atoms with Gasteiger partial charge in [-0.3, -0.25) is 0 Å². The lowest BCUT2D eigenvalue weighted by Gasteiger charge is -2.11. The van der Waals surface area contributed by atoms with Crippen LogP contribution in [0.2, 0.25) is 0 Å². The van der Waals surface area contributed by atoms with Gasteiger partial charge in [0.2, 0.25) is 5.16 Å². The normalized spacial score (nSPS) is 12.7. The zero-order valence-corrected chi connectivity index (χ0v) is 10.1. The number of aromatic nitrogens is 4. The van der Waals surface area contributed by atoms with Gasteiger partial charge in [0.25, 0.3) is 0 Å². The molecule has 0 saturated carbocycles. The molecule has 7 heteroatoms. The van der Waals surface area contributed by atoms with Gasteiger partial charge in [-0.2, -0.15) is 0 Å². The number of aliphatic hydroxyl groups excluding tert-OH is 1. The van der Waals surface area contributed by atoms with E-state index in [2.05, 4.69) is 15.5 Å². The Kier molecular flexibility index (Phi) is 3.39. The first-order valence-electron chi connectivity index (χ1n) is 4.96. The van der Waals surface area contributed by atoms with E-state index in [0.29, 0.717) is 15.6 Å². The number of hydrogen-bond donors (Lipinski definition) is 1. The van der Waals surface area contributed by atoms with E-state index in [1.165, 1.54) is 10.7 Å². The number of halogens is 1. The molecule has 1 aromatic carbocycles. The maximum absolute atomic E-state index is 13.7. The van der Waals surface area contributed by atoms with Gasteiger partial charge in [0.1, 0.15) is 5.82 Å². The zero-order valence-electron chi connectivity index (χ0n) is 9.33. The van der Waals surface area contributed by atoms with Crippen molar-refractivity contribution < 1.29 is 9.50 Å². The lowest BCUT2D eigenvalue weighted by molar-refractivity contribution is 0.195. The van der Waals surface area contributed by atoms with Gasteiger partial charge in [-0.15, -0.1) is 5.10 Å². The topological polar surface area (TPSA) is 63.8 Å². The summed E-state index contributed by atoms with van der Waals surface area (Å²) >= 11 is 1.09. The lowest BCUT2D eigenvalue weighted by atomic mass is 10.1. The van der Waals surface area contributed by atoms with E-state index < -0.39 is 11.9 Å². The maximum Gasteiger partial charge on any atom is 0.213 e. The molecule has 0 bridgehead atoms. The van der Waals surface area contributed by atoms with E-state index in [1.807, 2.05) is 0 Å². The van der Waals surface area contributed by atoms with Crippen molar-refractivity contribution in [3.8, 4) is 0 Å². The van der Waals surface area contributed by atoms with Crippen LogP contribution < -0.4 is 0 Å². The SMILES string of the molecule is CC(O)c1cccc(F)c1Sc1nnnn1C. The Bertz CT molecular complexity index is 529. The average molecular weight is 254 g/mol. The molecule has 0 aliphatic rings. The summed E-state index contributed by atoms with van der Waals surface area (Å²) in [6.07, 6.45) is -0.741. The van der Waals surface area contributed by atoms with Crippen LogP contribution in [0.4, 0.5) is 4.39 Å². The van der Waals surface area contributed by atoms with E-state index in [9.17, 15) is 9.50 Å². The van der Waals surface area contributed by atoms with Gasteiger partial charge in [0.05, 0.1) is 11.0 Å². The number of nitrogens with zero attached hydrogens (tertiary/aromatic N) is 4. The van der Waals surface area contributed by atoms with Crippen LogP contribution in [0, 0.1) is 5.82 Å². The molecule has 1 unspecified atom stereocenters. The summed E-state index contributed by atoms with van der Waals surface area (Å²) in [7, 11) is 1.67. The number of tetrazole rings is 1. The molecule has 1 N–H and O–H groups in total. The fraction of sp³-hybridized carbons (Fsp3) is 0.300. The summed E-state index contributed by atoms with van der Waals surface area (Å²) in [5, 5.41) is 21.0. The molecule has 0 aliphatic carbocycles. The van der Waals surface area contributed by atoms with Crippen LogP contribution in [0.3, 0.4) is 0 Å². The van der Waals surface area contributed by atoms with Crippen molar-refractivity contribution in [3.63, 3.8) is 0 Å². The van der Waals surface area contributed by atoms with Gasteiger partial charge in [-0.1, -0.05) is 12.1 Å². The Morgan fingerprint density at radius 2 is 2.24 bits per heavy atom. The van der Waals surface area contributed by atoms with E-state index in [-0.39, 0.29) is 0 Å². The largest absolute Gasteiger partial charge is 0.389 e. The minimum Gasteiger partial charge on any atom is -0.389 e. The molecule has 0 aliphatic heterocycles. The molecule has 1 atom stereocenters. The molecule has 0 radical (unpaired) electrons. The van der Waals surface area contributed by atoms with Crippen molar-refractivity contribution >= 4 is 11.8 Å². The van der Waals surface area contributed by atoms with E-state index in [1.54, 1.807) is 26.1 Å². The first-order chi connectivity index (χ1) is 8.09. The van der Waals surface area contributed by atoms with Gasteiger partial charge >= 0.3 is 0 Å². The maximum atomic E-state index is 13.7. The number of rotatable bonds is 3. The van der Waals surface area contributed by atoms with Crippen LogP contribution in [0.15, 0.2) is 28.3 Å². The predicted molar refractivity (Wildman–Crippen MR) is 60.0 cm³/mol. The third kappa shape index (κ3) is 2.45. The smallest absolute Gasteiger partial charge is 0.213 e. The third-order valence-electron chi connectivity index (χ3n) is 2.22. The first kappa shape index (κ1) is 12.0. The molecular formula is C10H11FN4OS. The monoisotopic (exact) mass is 254 g/mol. The first-order valence-corrected chi connectivity index (χ1v) is 5.78. The highest BCUT2D eigenvalue weighted by Gasteiger charge is 2.16. The summed E-state index contributed by atoms with van der Waals surface area (Å²) in [5.74, 6) is -0.392. The Labute approximate surface area is 102 Å². The molecule has 0 fully saturated rings. The van der Waals surface area contributed by atoms with E-state index in [4.69, 9.17) is 0 Å². The number of aryl methyl sites for hydroxylation is 1. The lowest BCUT2D eigenvalue weighted by Crippen LogP contribution is -1.99. The van der Waals surface area contributed by atoms with Crippen molar-refractivity contribution in [2.75, 3.05) is 0 Å². The fourth-order valence-electron chi connectivity index (χ4n) is 1.36. The highest BCUT2D eigenvalue weighted by Crippen LogP contribution is 2.33. The second-order valence-corrected chi connectivity index (χ2v) is 4.50. The van der Waals surface area contributed by atoms with Crippen LogP contribution in [-0.2, 0) is 7.05 Å². The second kappa shape index (κ2) is 4.80. The summed E-state index contributed by atoms with van der Waals surface area (Å²) in [4.78, 5) is 0.348. The molecule has 1 heterocycles. The van der Waals surface area contributed by atoms with Gasteiger partial charge in [-0.05, 0) is 40.7 Å². The molecule has 17 heavy (non-hydrogen) atoms. The standard InChI is InChI=1S/C10H11FN4OS/c1-6(16)7-4-3-5-8(11)9(7)17-10-12-13-14-15(10)2/h3-6,16H,1-2H3. The Morgan fingerprint density at radius 3 is 2.82 bits per heavy atom. The summed E-state index contributed by atoms with van der Waals surface area (Å²) in [6, 6.07) is 4.59. The zero-order chi connectivity index (χ0) is 12.4. The average Bonchev–Trinajstić information content (AvgIpc) is 2.67. The summed E-state index contributed by atoms with van der Waals surface area (Å²) < 4.78 is 15.2. The van der Waals surface area contributed by atoms with Crippen molar-refractivity contribution in [1.82, 2.24) is 20.2 Å². The van der Waals surface area contributed by atoms with Crippen LogP contribution in [0.1, 0.15) is 18.6 Å². The van der Waals surface area contributed by atoms with Crippen molar-refractivity contribution in [1.29, 1.82) is 0 Å². The van der Waals surface area contributed by atoms with Gasteiger partial charge < -0.3 is 5.11 Å². The molecule has 0 saturated heterocycles. The highest BCUT2D eigenvalue weighted by molar-refractivity contribution is 7.99. The molecule has 0 amide bonds. The van der Waals surface area contributed by atoms with Crippen molar-refractivity contribution in [3.05, 3.63) is 29.6 Å². The molecule has 2 aromatic rings. The van der Waals surface area contributed by atoms with Crippen LogP contribution in [0.25, 0.3) is 0 Å². The van der Waals surface area contributed by atoms with Gasteiger partial charge in [-0.25, -0.2) is 9.07 Å². The number of aliphatic hydroxyl groups is 1. The molecule has 1 aromatic heterocycles. The van der Waals surface area contributed by atoms with E-state index in [0.717, 1.165) is 11.8 Å². The Morgan fingerprint density at radius 1 is 1.47 bits per heavy atom. The quantitative estimate of drug-likeness (QED) is 0.900. The highest BCUT2D eigenvalue weighted by atomic mass is 32.2. The minimum absolute atomic E-state index is 0.348. The van der Waals surface area contributed by atoms with Crippen LogP contribution in [0.5, 0.6) is 0 Å². The van der Waals surface area contributed by atoms with Crippen molar-refractivity contribution in [2.24, 2.45) is 7.05 Å². The minimum atomic E-state index is -0.741. The second-order valence-electron chi connectivity index (χ2n) is 3.52. The fourth-order valence-corrected chi connectivity index (χ4v) is 2.31. The molecule has 5 nitrogen and oxygen atoms in total. The summed E-state index contributed by atoms with van der Waals surface area (Å²) in [5.41, 5.74) is 0.526. The van der Waals surface area contributed by atoms with Gasteiger partial charge in [0, 0.05) is 7.05 Å². The predicted octanol–water partition coefficient (Wildman–Crippen LogP) is 1.55. The van der Waals surface area contributed by atoms with E-state index >= 15 is 0 Å². The summed E-state index contributed by atoms with van der Waals surface area (Å²) in [6.45, 7) is 1.59. The van der Waals surface area contributed by atoms with Gasteiger partial charge in [0.15, 0.2) is 0 Å².